The number of hydrogen-bond acceptors (Lipinski definition) is 6. The Morgan fingerprint density at radius 1 is 1.19 bits per heavy atom. The average Bonchev–Trinajstić information content (AvgIpc) is 2.53. The fraction of sp³-hybridized carbons (Fsp3) is 0.500. The van der Waals surface area contributed by atoms with Crippen molar-refractivity contribution in [2.45, 2.75) is 12.8 Å². The Morgan fingerprint density at radius 2 is 1.81 bits per heavy atom. The molecule has 1 fully saturated rings. The van der Waals surface area contributed by atoms with Crippen LogP contribution in [0.15, 0.2) is 12.1 Å². The molecule has 0 saturated carbocycles. The van der Waals surface area contributed by atoms with E-state index in [0.29, 0.717) is 43.5 Å². The number of nitrogens with zero attached hydrogens (tertiary/aromatic N) is 2. The van der Waals surface area contributed by atoms with Gasteiger partial charge in [-0.15, -0.1) is 0 Å². The van der Waals surface area contributed by atoms with Crippen molar-refractivity contribution >= 4 is 17.7 Å². The predicted octanol–water partition coefficient (Wildman–Crippen LogP) is 1.78. The second-order valence-corrected chi connectivity index (χ2v) is 5.20. The summed E-state index contributed by atoms with van der Waals surface area (Å²) >= 11 is 0. The van der Waals surface area contributed by atoms with Crippen molar-refractivity contribution in [2.24, 2.45) is 5.92 Å². The number of ether oxygens (including phenoxy) is 2. The lowest BCUT2D eigenvalue weighted by atomic mass is 9.98. The van der Waals surface area contributed by atoms with E-state index in [1.54, 1.807) is 6.07 Å². The third kappa shape index (κ3) is 2.63. The molecule has 0 amide bonds. The van der Waals surface area contributed by atoms with Gasteiger partial charge < -0.3 is 19.2 Å². The summed E-state index contributed by atoms with van der Waals surface area (Å²) in [7, 11) is 0. The van der Waals surface area contributed by atoms with Gasteiger partial charge in [0.1, 0.15) is 25.2 Å². The van der Waals surface area contributed by atoms with Gasteiger partial charge in [0.2, 0.25) is 0 Å². The van der Waals surface area contributed by atoms with E-state index in [1.165, 1.54) is 6.07 Å². The van der Waals surface area contributed by atoms with Crippen LogP contribution in [0.25, 0.3) is 0 Å². The summed E-state index contributed by atoms with van der Waals surface area (Å²) in [6.07, 6.45) is 2.40. The lowest BCUT2D eigenvalue weighted by Crippen LogP contribution is -2.34. The van der Waals surface area contributed by atoms with Crippen LogP contribution in [0, 0.1) is 16.0 Å². The van der Waals surface area contributed by atoms with E-state index < -0.39 is 4.92 Å². The van der Waals surface area contributed by atoms with Gasteiger partial charge in [0.05, 0.1) is 11.0 Å². The summed E-state index contributed by atoms with van der Waals surface area (Å²) in [6, 6.07) is 3.10. The summed E-state index contributed by atoms with van der Waals surface area (Å²) in [4.78, 5) is 23.6. The highest BCUT2D eigenvalue weighted by Gasteiger charge is 2.28. The monoisotopic (exact) mass is 292 g/mol. The van der Waals surface area contributed by atoms with Crippen LogP contribution >= 0.6 is 0 Å². The van der Waals surface area contributed by atoms with Crippen LogP contribution in [-0.4, -0.2) is 37.5 Å². The number of piperidine rings is 1. The smallest absolute Gasteiger partial charge is 0.296 e. The molecule has 112 valence electrons. The summed E-state index contributed by atoms with van der Waals surface area (Å²) in [5.41, 5.74) is 0.553. The van der Waals surface area contributed by atoms with Gasteiger partial charge in [-0.05, 0) is 12.8 Å². The fourth-order valence-electron chi connectivity index (χ4n) is 2.74. The van der Waals surface area contributed by atoms with Gasteiger partial charge in [-0.3, -0.25) is 10.1 Å². The van der Waals surface area contributed by atoms with Gasteiger partial charge >= 0.3 is 0 Å². The third-order valence-electron chi connectivity index (χ3n) is 3.91. The first-order chi connectivity index (χ1) is 10.2. The molecule has 2 heterocycles. The van der Waals surface area contributed by atoms with Crippen LogP contribution in [-0.2, 0) is 4.79 Å². The SMILES string of the molecule is O=CC1CCN(c2cc3c(cc2[N+](=O)[O-])OCCO3)CC1. The molecule has 0 aromatic heterocycles. The summed E-state index contributed by atoms with van der Waals surface area (Å²) in [5.74, 6) is 1.01. The maximum atomic E-state index is 11.3. The number of hydrogen-bond donors (Lipinski definition) is 0. The van der Waals surface area contributed by atoms with Gasteiger partial charge in [0, 0.05) is 25.1 Å². The molecular weight excluding hydrogens is 276 g/mol. The molecule has 7 heteroatoms. The zero-order valence-corrected chi connectivity index (χ0v) is 11.5. The van der Waals surface area contributed by atoms with Gasteiger partial charge in [0.25, 0.3) is 5.69 Å². The Kier molecular flexibility index (Phi) is 3.64. The number of fused-ring (bicyclic) bond motifs is 1. The fourth-order valence-corrected chi connectivity index (χ4v) is 2.74. The highest BCUT2D eigenvalue weighted by molar-refractivity contribution is 5.70. The number of aldehydes is 1. The van der Waals surface area contributed by atoms with Crippen LogP contribution in [0.4, 0.5) is 11.4 Å². The van der Waals surface area contributed by atoms with Gasteiger partial charge in [-0.2, -0.15) is 0 Å². The summed E-state index contributed by atoms with van der Waals surface area (Å²) < 4.78 is 10.9. The van der Waals surface area contributed by atoms with Crippen molar-refractivity contribution < 1.29 is 19.2 Å². The standard InChI is InChI=1S/C14H16N2O5/c17-9-10-1-3-15(4-2-10)11-7-13-14(21-6-5-20-13)8-12(11)16(18)19/h7-10H,1-6H2. The van der Waals surface area contributed by atoms with E-state index in [4.69, 9.17) is 9.47 Å². The van der Waals surface area contributed by atoms with Crippen molar-refractivity contribution in [3.63, 3.8) is 0 Å². The molecule has 2 aliphatic rings. The van der Waals surface area contributed by atoms with Crippen LogP contribution in [0.3, 0.4) is 0 Å². The quantitative estimate of drug-likeness (QED) is 0.480. The Balaban J connectivity index is 1.93. The van der Waals surface area contributed by atoms with Crippen molar-refractivity contribution in [2.75, 3.05) is 31.2 Å². The van der Waals surface area contributed by atoms with E-state index in [0.717, 1.165) is 19.1 Å². The molecule has 0 atom stereocenters. The highest BCUT2D eigenvalue weighted by Crippen LogP contribution is 2.41. The van der Waals surface area contributed by atoms with Gasteiger partial charge in [-0.1, -0.05) is 0 Å². The lowest BCUT2D eigenvalue weighted by molar-refractivity contribution is -0.384. The Morgan fingerprint density at radius 3 is 2.38 bits per heavy atom. The van der Waals surface area contributed by atoms with Gasteiger partial charge in [0.15, 0.2) is 11.5 Å². The number of anilines is 1. The summed E-state index contributed by atoms with van der Waals surface area (Å²) in [6.45, 7) is 2.10. The molecular formula is C14H16N2O5. The van der Waals surface area contributed by atoms with Crippen molar-refractivity contribution in [1.82, 2.24) is 0 Å². The first kappa shape index (κ1) is 13.7. The Labute approximate surface area is 121 Å². The van der Waals surface area contributed by atoms with E-state index >= 15 is 0 Å². The van der Waals surface area contributed by atoms with Crippen LogP contribution in [0.2, 0.25) is 0 Å². The number of carbonyl (C=O) groups excluding carboxylic acids is 1. The average molecular weight is 292 g/mol. The molecule has 0 unspecified atom stereocenters. The van der Waals surface area contributed by atoms with E-state index in [-0.39, 0.29) is 11.6 Å². The lowest BCUT2D eigenvalue weighted by Gasteiger charge is -2.32. The second kappa shape index (κ2) is 5.59. The molecule has 1 saturated heterocycles. The molecule has 0 bridgehead atoms. The zero-order valence-electron chi connectivity index (χ0n) is 11.5. The maximum absolute atomic E-state index is 11.3. The molecule has 2 aliphatic heterocycles. The van der Waals surface area contributed by atoms with Crippen LogP contribution in [0.5, 0.6) is 11.5 Å². The molecule has 0 aliphatic carbocycles. The molecule has 7 nitrogen and oxygen atoms in total. The highest BCUT2D eigenvalue weighted by atomic mass is 16.6. The molecule has 0 spiro atoms. The van der Waals surface area contributed by atoms with E-state index in [1.807, 2.05) is 4.90 Å². The first-order valence-electron chi connectivity index (χ1n) is 6.97. The molecule has 0 radical (unpaired) electrons. The second-order valence-electron chi connectivity index (χ2n) is 5.20. The number of nitro benzene ring substituents is 1. The number of nitro groups is 1. The molecule has 3 rings (SSSR count). The molecule has 21 heavy (non-hydrogen) atoms. The minimum atomic E-state index is -0.403. The number of benzene rings is 1. The first-order valence-corrected chi connectivity index (χ1v) is 6.97. The predicted molar refractivity (Wildman–Crippen MR) is 75.1 cm³/mol. The normalized spacial score (nSPS) is 18.4. The van der Waals surface area contributed by atoms with Gasteiger partial charge in [-0.25, -0.2) is 0 Å². The zero-order chi connectivity index (χ0) is 14.8. The number of rotatable bonds is 3. The third-order valence-corrected chi connectivity index (χ3v) is 3.91. The van der Waals surface area contributed by atoms with Crippen molar-refractivity contribution in [3.8, 4) is 11.5 Å². The molecule has 1 aromatic carbocycles. The minimum absolute atomic E-state index is 0.0174. The molecule has 1 aromatic rings. The van der Waals surface area contributed by atoms with Crippen LogP contribution < -0.4 is 14.4 Å². The van der Waals surface area contributed by atoms with E-state index in [2.05, 4.69) is 0 Å². The largest absolute Gasteiger partial charge is 0.486 e. The maximum Gasteiger partial charge on any atom is 0.296 e. The summed E-state index contributed by atoms with van der Waals surface area (Å²) in [5, 5.41) is 11.3. The Bertz CT molecular complexity index is 567. The van der Waals surface area contributed by atoms with Crippen LogP contribution in [0.1, 0.15) is 12.8 Å². The number of carbonyl (C=O) groups is 1. The van der Waals surface area contributed by atoms with Crippen molar-refractivity contribution in [3.05, 3.63) is 22.2 Å². The molecule has 0 N–H and O–H groups in total. The minimum Gasteiger partial charge on any atom is -0.486 e. The van der Waals surface area contributed by atoms with Crippen molar-refractivity contribution in [1.29, 1.82) is 0 Å². The topological polar surface area (TPSA) is 81.9 Å². The van der Waals surface area contributed by atoms with E-state index in [9.17, 15) is 14.9 Å². The Hall–Kier alpha value is -2.31.